The SMILES string of the molecule is CC1(C)CN(CCC(N)=NO)CC(C)(C)O1. The Bertz CT molecular complexity index is 258. The molecular weight excluding hydrogens is 206 g/mol. The van der Waals surface area contributed by atoms with Crippen molar-refractivity contribution in [3.8, 4) is 0 Å². The molecule has 16 heavy (non-hydrogen) atoms. The molecule has 0 radical (unpaired) electrons. The monoisotopic (exact) mass is 229 g/mol. The first kappa shape index (κ1) is 13.3. The number of oxime groups is 1. The minimum absolute atomic E-state index is 0.146. The molecule has 1 aliphatic rings. The lowest BCUT2D eigenvalue weighted by Crippen LogP contribution is -2.57. The second kappa shape index (κ2) is 4.59. The van der Waals surface area contributed by atoms with Gasteiger partial charge in [0.1, 0.15) is 5.84 Å². The lowest BCUT2D eigenvalue weighted by Gasteiger charge is -2.47. The van der Waals surface area contributed by atoms with Crippen LogP contribution in [0.5, 0.6) is 0 Å². The minimum Gasteiger partial charge on any atom is -0.409 e. The van der Waals surface area contributed by atoms with E-state index in [1.54, 1.807) is 0 Å². The highest BCUT2D eigenvalue weighted by molar-refractivity contribution is 5.79. The molecule has 0 unspecified atom stereocenters. The number of morpholine rings is 1. The summed E-state index contributed by atoms with van der Waals surface area (Å²) in [5.74, 6) is 0.280. The number of nitrogens with zero attached hydrogens (tertiary/aromatic N) is 2. The maximum atomic E-state index is 8.49. The summed E-state index contributed by atoms with van der Waals surface area (Å²) in [6, 6.07) is 0. The van der Waals surface area contributed by atoms with Crippen LogP contribution in [0.2, 0.25) is 0 Å². The van der Waals surface area contributed by atoms with Crippen LogP contribution in [-0.2, 0) is 4.74 Å². The van der Waals surface area contributed by atoms with Crippen molar-refractivity contribution in [3.05, 3.63) is 0 Å². The van der Waals surface area contributed by atoms with Gasteiger partial charge in [-0.15, -0.1) is 0 Å². The molecule has 0 atom stereocenters. The lowest BCUT2D eigenvalue weighted by molar-refractivity contribution is -0.179. The summed E-state index contributed by atoms with van der Waals surface area (Å²) >= 11 is 0. The summed E-state index contributed by atoms with van der Waals surface area (Å²) in [4.78, 5) is 2.29. The Hall–Kier alpha value is -0.810. The zero-order chi connectivity index (χ0) is 12.4. The Balaban J connectivity index is 2.54. The van der Waals surface area contributed by atoms with Crippen LogP contribution in [0.4, 0.5) is 0 Å². The Kier molecular flexibility index (Phi) is 3.80. The van der Waals surface area contributed by atoms with E-state index >= 15 is 0 Å². The molecule has 0 aromatic heterocycles. The van der Waals surface area contributed by atoms with Gasteiger partial charge < -0.3 is 15.7 Å². The van der Waals surface area contributed by atoms with Crippen LogP contribution < -0.4 is 5.73 Å². The molecule has 1 rings (SSSR count). The summed E-state index contributed by atoms with van der Waals surface area (Å²) in [5, 5.41) is 11.5. The van der Waals surface area contributed by atoms with E-state index < -0.39 is 0 Å². The molecule has 0 spiro atoms. The van der Waals surface area contributed by atoms with Crippen molar-refractivity contribution < 1.29 is 9.94 Å². The Morgan fingerprint density at radius 2 is 1.81 bits per heavy atom. The van der Waals surface area contributed by atoms with Crippen molar-refractivity contribution in [2.45, 2.75) is 45.3 Å². The standard InChI is InChI=1S/C11H23N3O2/c1-10(2)7-14(6-5-9(12)13-15)8-11(3,4)16-10/h15H,5-8H2,1-4H3,(H2,12,13). The molecule has 94 valence electrons. The number of hydrogen-bond donors (Lipinski definition) is 2. The van der Waals surface area contributed by atoms with Gasteiger partial charge in [0.05, 0.1) is 11.2 Å². The van der Waals surface area contributed by atoms with Crippen molar-refractivity contribution in [1.29, 1.82) is 0 Å². The smallest absolute Gasteiger partial charge is 0.140 e. The van der Waals surface area contributed by atoms with Gasteiger partial charge in [0.15, 0.2) is 0 Å². The zero-order valence-electron chi connectivity index (χ0n) is 10.7. The maximum Gasteiger partial charge on any atom is 0.140 e. The molecule has 1 fully saturated rings. The molecule has 0 aliphatic carbocycles. The molecule has 5 nitrogen and oxygen atoms in total. The predicted molar refractivity (Wildman–Crippen MR) is 63.7 cm³/mol. The first-order valence-electron chi connectivity index (χ1n) is 5.63. The van der Waals surface area contributed by atoms with E-state index in [9.17, 15) is 0 Å². The third-order valence-electron chi connectivity index (χ3n) is 2.57. The molecule has 0 bridgehead atoms. The fraction of sp³-hybridized carbons (Fsp3) is 0.909. The first-order chi connectivity index (χ1) is 7.24. The number of rotatable bonds is 3. The molecule has 0 amide bonds. The molecule has 3 N–H and O–H groups in total. The van der Waals surface area contributed by atoms with E-state index in [0.29, 0.717) is 6.42 Å². The first-order valence-corrected chi connectivity index (χ1v) is 5.63. The third kappa shape index (κ3) is 3.98. The van der Waals surface area contributed by atoms with Gasteiger partial charge in [-0.2, -0.15) is 0 Å². The normalized spacial score (nSPS) is 25.6. The van der Waals surface area contributed by atoms with Gasteiger partial charge in [0.25, 0.3) is 0 Å². The number of amidine groups is 1. The molecule has 0 saturated carbocycles. The molecule has 1 saturated heterocycles. The summed E-state index contributed by atoms with van der Waals surface area (Å²) in [6.45, 7) is 10.9. The van der Waals surface area contributed by atoms with Gasteiger partial charge in [-0.25, -0.2) is 0 Å². The fourth-order valence-electron chi connectivity index (χ4n) is 2.43. The largest absolute Gasteiger partial charge is 0.409 e. The van der Waals surface area contributed by atoms with E-state index in [1.165, 1.54) is 0 Å². The van der Waals surface area contributed by atoms with Crippen molar-refractivity contribution >= 4 is 5.84 Å². The van der Waals surface area contributed by atoms with Gasteiger partial charge in [-0.05, 0) is 27.7 Å². The number of hydrogen-bond acceptors (Lipinski definition) is 4. The molecule has 0 aromatic carbocycles. The van der Waals surface area contributed by atoms with Gasteiger partial charge in [-0.1, -0.05) is 5.16 Å². The topological polar surface area (TPSA) is 71.1 Å². The van der Waals surface area contributed by atoms with Crippen molar-refractivity contribution in [1.82, 2.24) is 4.90 Å². The van der Waals surface area contributed by atoms with Crippen molar-refractivity contribution in [2.75, 3.05) is 19.6 Å². The molecule has 0 aromatic rings. The van der Waals surface area contributed by atoms with Crippen LogP contribution in [0.25, 0.3) is 0 Å². The van der Waals surface area contributed by atoms with Crippen molar-refractivity contribution in [2.24, 2.45) is 10.9 Å². The summed E-state index contributed by atoms with van der Waals surface area (Å²) in [5.41, 5.74) is 5.18. The van der Waals surface area contributed by atoms with Gasteiger partial charge >= 0.3 is 0 Å². The highest BCUT2D eigenvalue weighted by Gasteiger charge is 2.37. The highest BCUT2D eigenvalue weighted by Crippen LogP contribution is 2.27. The van der Waals surface area contributed by atoms with Gasteiger partial charge in [-0.3, -0.25) is 4.90 Å². The summed E-state index contributed by atoms with van der Waals surface area (Å²) in [6.07, 6.45) is 0.586. The molecular formula is C11H23N3O2. The summed E-state index contributed by atoms with van der Waals surface area (Å²) < 4.78 is 5.97. The average molecular weight is 229 g/mol. The highest BCUT2D eigenvalue weighted by atomic mass is 16.5. The molecule has 5 heteroatoms. The van der Waals surface area contributed by atoms with Gasteiger partial charge in [0, 0.05) is 26.1 Å². The van der Waals surface area contributed by atoms with E-state index in [2.05, 4.69) is 37.8 Å². The third-order valence-corrected chi connectivity index (χ3v) is 2.57. The molecule has 1 heterocycles. The fourth-order valence-corrected chi connectivity index (χ4v) is 2.43. The zero-order valence-corrected chi connectivity index (χ0v) is 10.7. The van der Waals surface area contributed by atoms with E-state index in [-0.39, 0.29) is 17.0 Å². The number of nitrogens with two attached hydrogens (primary N) is 1. The lowest BCUT2D eigenvalue weighted by atomic mass is 9.99. The second-order valence-corrected chi connectivity index (χ2v) is 5.67. The van der Waals surface area contributed by atoms with Crippen molar-refractivity contribution in [3.63, 3.8) is 0 Å². The van der Waals surface area contributed by atoms with Crippen LogP contribution in [0, 0.1) is 0 Å². The van der Waals surface area contributed by atoms with Crippen LogP contribution in [0.3, 0.4) is 0 Å². The van der Waals surface area contributed by atoms with E-state index in [0.717, 1.165) is 19.6 Å². The predicted octanol–water partition coefficient (Wildman–Crippen LogP) is 1.01. The quantitative estimate of drug-likeness (QED) is 0.328. The van der Waals surface area contributed by atoms with E-state index in [1.807, 2.05) is 0 Å². The maximum absolute atomic E-state index is 8.49. The van der Waals surface area contributed by atoms with Gasteiger partial charge in [0.2, 0.25) is 0 Å². The Labute approximate surface area is 97.2 Å². The Morgan fingerprint density at radius 1 is 1.31 bits per heavy atom. The Morgan fingerprint density at radius 3 is 2.25 bits per heavy atom. The second-order valence-electron chi connectivity index (χ2n) is 5.67. The number of ether oxygens (including phenoxy) is 1. The average Bonchev–Trinajstić information content (AvgIpc) is 2.09. The van der Waals surface area contributed by atoms with Crippen LogP contribution in [-0.4, -0.2) is 46.8 Å². The summed E-state index contributed by atoms with van der Waals surface area (Å²) in [7, 11) is 0. The van der Waals surface area contributed by atoms with Crippen LogP contribution in [0.15, 0.2) is 5.16 Å². The van der Waals surface area contributed by atoms with Crippen LogP contribution >= 0.6 is 0 Å². The molecule has 1 aliphatic heterocycles. The van der Waals surface area contributed by atoms with E-state index in [4.69, 9.17) is 15.7 Å². The van der Waals surface area contributed by atoms with Crippen LogP contribution in [0.1, 0.15) is 34.1 Å². The minimum atomic E-state index is -0.146.